The molecule has 1 aromatic carbocycles. The van der Waals surface area contributed by atoms with E-state index in [1.807, 2.05) is 25.1 Å². The maximum absolute atomic E-state index is 12.9. The molecule has 176 valence electrons. The van der Waals surface area contributed by atoms with Gasteiger partial charge in [0.15, 0.2) is 9.84 Å². The van der Waals surface area contributed by atoms with Crippen molar-refractivity contribution < 1.29 is 27.5 Å². The first-order chi connectivity index (χ1) is 15.7. The van der Waals surface area contributed by atoms with Gasteiger partial charge in [-0.3, -0.25) is 14.4 Å². The van der Waals surface area contributed by atoms with Gasteiger partial charge in [0.1, 0.15) is 5.82 Å². The van der Waals surface area contributed by atoms with Crippen LogP contribution in [0.15, 0.2) is 24.3 Å². The maximum atomic E-state index is 12.9. The zero-order chi connectivity index (χ0) is 23.8. The molecule has 0 saturated carbocycles. The second kappa shape index (κ2) is 8.97. The third-order valence-electron chi connectivity index (χ3n) is 5.89. The van der Waals surface area contributed by atoms with E-state index in [0.717, 1.165) is 5.56 Å². The highest BCUT2D eigenvalue weighted by Crippen LogP contribution is 2.33. The van der Waals surface area contributed by atoms with Crippen molar-refractivity contribution in [3.63, 3.8) is 0 Å². The number of amides is 2. The summed E-state index contributed by atoms with van der Waals surface area (Å²) in [6.45, 7) is 4.30. The number of likely N-dealkylation sites (tertiary alicyclic amines) is 1. The summed E-state index contributed by atoms with van der Waals surface area (Å²) in [5.41, 5.74) is 2.30. The minimum atomic E-state index is -3.37. The number of hydrogen-bond donors (Lipinski definition) is 1. The molecule has 11 heteroatoms. The molecular weight excluding hydrogens is 448 g/mol. The Hall–Kier alpha value is -3.21. The van der Waals surface area contributed by atoms with Gasteiger partial charge in [-0.25, -0.2) is 13.1 Å². The number of carbonyl (C=O) groups excluding carboxylic acids is 3. The molecule has 2 amide bonds. The highest BCUT2D eigenvalue weighted by atomic mass is 32.2. The summed E-state index contributed by atoms with van der Waals surface area (Å²) in [7, 11) is -3.37. The van der Waals surface area contributed by atoms with Crippen LogP contribution in [0.3, 0.4) is 0 Å². The predicted molar refractivity (Wildman–Crippen MR) is 119 cm³/mol. The van der Waals surface area contributed by atoms with Crippen LogP contribution in [0.5, 0.6) is 0 Å². The van der Waals surface area contributed by atoms with Gasteiger partial charge in [-0.2, -0.15) is 5.10 Å². The van der Waals surface area contributed by atoms with Gasteiger partial charge in [-0.1, -0.05) is 18.2 Å². The Bertz CT molecular complexity index is 1220. The molecule has 0 radical (unpaired) electrons. The molecule has 0 spiro atoms. The minimum Gasteiger partial charge on any atom is -0.466 e. The zero-order valence-corrected chi connectivity index (χ0v) is 19.4. The molecule has 0 aliphatic carbocycles. The summed E-state index contributed by atoms with van der Waals surface area (Å²) in [4.78, 5) is 39.3. The maximum Gasteiger partial charge on any atom is 0.315 e. The van der Waals surface area contributed by atoms with Crippen LogP contribution in [0, 0.1) is 12.8 Å². The summed E-state index contributed by atoms with van der Waals surface area (Å²) < 4.78 is 30.8. The lowest BCUT2D eigenvalue weighted by Gasteiger charge is -2.31. The van der Waals surface area contributed by atoms with Crippen molar-refractivity contribution in [1.29, 1.82) is 0 Å². The number of nitrogens with zero attached hydrogens (tertiary/aromatic N) is 3. The fourth-order valence-electron chi connectivity index (χ4n) is 4.26. The summed E-state index contributed by atoms with van der Waals surface area (Å²) in [6.07, 6.45) is 1.17. The first-order valence-electron chi connectivity index (χ1n) is 10.8. The summed E-state index contributed by atoms with van der Waals surface area (Å²) in [6, 6.07) is 7.35. The van der Waals surface area contributed by atoms with Gasteiger partial charge in [-0.05, 0) is 38.3 Å². The van der Waals surface area contributed by atoms with Gasteiger partial charge in [-0.15, -0.1) is 0 Å². The SMILES string of the molecule is CCOC(=O)C1CCCN(C(=O)C(=O)Nc2c3c(nn2-c2ccccc2C)CS(=O)(=O)C3)C1. The number of fused-ring (bicyclic) bond motifs is 1. The Morgan fingerprint density at radius 1 is 1.21 bits per heavy atom. The molecule has 33 heavy (non-hydrogen) atoms. The van der Waals surface area contributed by atoms with E-state index in [2.05, 4.69) is 10.4 Å². The average Bonchev–Trinajstić information content (AvgIpc) is 3.26. The predicted octanol–water partition coefficient (Wildman–Crippen LogP) is 1.35. The van der Waals surface area contributed by atoms with Crippen molar-refractivity contribution in [2.75, 3.05) is 25.0 Å². The van der Waals surface area contributed by atoms with Crippen molar-refractivity contribution in [1.82, 2.24) is 14.7 Å². The standard InChI is InChI=1S/C22H26N4O6S/c1-3-32-22(29)15-8-6-10-25(11-15)21(28)20(27)23-19-16-12-33(30,31)13-17(16)24-26(19)18-9-5-4-7-14(18)2/h4-5,7,9,15H,3,6,8,10-13H2,1-2H3,(H,23,27). The number of anilines is 1. The van der Waals surface area contributed by atoms with Crippen molar-refractivity contribution in [3.8, 4) is 5.69 Å². The smallest absolute Gasteiger partial charge is 0.315 e. The Kier molecular flexibility index (Phi) is 6.24. The number of piperidine rings is 1. The first-order valence-corrected chi connectivity index (χ1v) is 12.7. The fourth-order valence-corrected chi connectivity index (χ4v) is 5.76. The number of carbonyl (C=O) groups is 3. The molecule has 2 aliphatic heterocycles. The number of rotatable bonds is 4. The molecule has 4 rings (SSSR count). The van der Waals surface area contributed by atoms with E-state index in [1.165, 1.54) is 9.58 Å². The van der Waals surface area contributed by atoms with Crippen LogP contribution in [-0.4, -0.2) is 60.6 Å². The Balaban J connectivity index is 1.59. The van der Waals surface area contributed by atoms with Gasteiger partial charge in [0.2, 0.25) is 0 Å². The highest BCUT2D eigenvalue weighted by Gasteiger charge is 2.36. The number of para-hydroxylation sites is 1. The number of aryl methyl sites for hydroxylation is 1. The average molecular weight is 475 g/mol. The van der Waals surface area contributed by atoms with Crippen LogP contribution >= 0.6 is 0 Å². The van der Waals surface area contributed by atoms with E-state index in [1.54, 1.807) is 13.0 Å². The lowest BCUT2D eigenvalue weighted by atomic mass is 9.98. The Morgan fingerprint density at radius 2 is 1.97 bits per heavy atom. The van der Waals surface area contributed by atoms with Gasteiger partial charge in [0, 0.05) is 18.7 Å². The van der Waals surface area contributed by atoms with E-state index in [0.29, 0.717) is 36.3 Å². The largest absolute Gasteiger partial charge is 0.466 e. The molecule has 2 aliphatic rings. The van der Waals surface area contributed by atoms with Crippen LogP contribution in [0.1, 0.15) is 36.6 Å². The first kappa shape index (κ1) is 23.0. The highest BCUT2D eigenvalue weighted by molar-refractivity contribution is 7.90. The number of esters is 1. The van der Waals surface area contributed by atoms with Crippen LogP contribution in [0.25, 0.3) is 5.69 Å². The van der Waals surface area contributed by atoms with Crippen molar-refractivity contribution >= 4 is 33.4 Å². The monoisotopic (exact) mass is 474 g/mol. The second-order valence-corrected chi connectivity index (χ2v) is 10.4. The Labute approximate surface area is 191 Å². The number of ether oxygens (including phenoxy) is 1. The summed E-state index contributed by atoms with van der Waals surface area (Å²) in [5, 5.41) is 7.05. The molecule has 1 aromatic heterocycles. The van der Waals surface area contributed by atoms with E-state index >= 15 is 0 Å². The van der Waals surface area contributed by atoms with Crippen LogP contribution in [0.2, 0.25) is 0 Å². The molecule has 3 heterocycles. The van der Waals surface area contributed by atoms with E-state index in [9.17, 15) is 22.8 Å². The molecule has 1 atom stereocenters. The van der Waals surface area contributed by atoms with Gasteiger partial charge < -0.3 is 15.0 Å². The number of sulfone groups is 1. The normalized spacial score (nSPS) is 19.1. The minimum absolute atomic E-state index is 0.106. The van der Waals surface area contributed by atoms with Gasteiger partial charge in [0.25, 0.3) is 0 Å². The molecule has 1 saturated heterocycles. The molecular formula is C22H26N4O6S. The van der Waals surface area contributed by atoms with Crippen LogP contribution < -0.4 is 5.32 Å². The third kappa shape index (κ3) is 4.63. The zero-order valence-electron chi connectivity index (χ0n) is 18.5. The second-order valence-electron chi connectivity index (χ2n) is 8.30. The van der Waals surface area contributed by atoms with E-state index in [4.69, 9.17) is 4.74 Å². The van der Waals surface area contributed by atoms with E-state index < -0.39 is 27.6 Å². The molecule has 10 nitrogen and oxygen atoms in total. The Morgan fingerprint density at radius 3 is 2.70 bits per heavy atom. The lowest BCUT2D eigenvalue weighted by Crippen LogP contribution is -2.47. The number of aromatic nitrogens is 2. The number of benzene rings is 1. The van der Waals surface area contributed by atoms with Crippen molar-refractivity contribution in [2.24, 2.45) is 5.92 Å². The molecule has 1 fully saturated rings. The summed E-state index contributed by atoms with van der Waals surface area (Å²) >= 11 is 0. The van der Waals surface area contributed by atoms with E-state index in [-0.39, 0.29) is 36.4 Å². The quantitative estimate of drug-likeness (QED) is 0.523. The van der Waals surface area contributed by atoms with Crippen molar-refractivity contribution in [2.45, 2.75) is 38.2 Å². The molecule has 0 bridgehead atoms. The van der Waals surface area contributed by atoms with Gasteiger partial charge >= 0.3 is 17.8 Å². The number of hydrogen-bond acceptors (Lipinski definition) is 7. The van der Waals surface area contributed by atoms with Gasteiger partial charge in [0.05, 0.1) is 35.4 Å². The summed E-state index contributed by atoms with van der Waals surface area (Å²) in [5.74, 6) is -2.83. The molecule has 1 N–H and O–H groups in total. The topological polar surface area (TPSA) is 128 Å². The third-order valence-corrected chi connectivity index (χ3v) is 7.33. The lowest BCUT2D eigenvalue weighted by molar-refractivity contribution is -0.153. The van der Waals surface area contributed by atoms with Crippen LogP contribution in [0.4, 0.5) is 5.82 Å². The molecule has 1 unspecified atom stereocenters. The number of nitrogens with one attached hydrogen (secondary N) is 1. The molecule has 2 aromatic rings. The fraction of sp³-hybridized carbons (Fsp3) is 0.455. The van der Waals surface area contributed by atoms with Crippen LogP contribution in [-0.2, 0) is 40.5 Å². The van der Waals surface area contributed by atoms with Crippen molar-refractivity contribution in [3.05, 3.63) is 41.1 Å².